The fraction of sp³-hybridized carbons (Fsp3) is 0.857. The Bertz CT molecular complexity index is 373. The molecule has 0 aromatic heterocycles. The Balaban J connectivity index is 1.79. The molecule has 0 unspecified atom stereocenters. The number of carboxylic acids is 1. The normalized spacial score (nSPS) is 22.5. The van der Waals surface area contributed by atoms with E-state index in [1.165, 1.54) is 12.8 Å². The van der Waals surface area contributed by atoms with Crippen LogP contribution in [0.5, 0.6) is 0 Å². The Labute approximate surface area is 113 Å². The van der Waals surface area contributed by atoms with Crippen LogP contribution in [-0.4, -0.2) is 28.8 Å². The molecule has 0 heterocycles. The van der Waals surface area contributed by atoms with Crippen LogP contribution >= 0.6 is 0 Å². The van der Waals surface area contributed by atoms with Gasteiger partial charge in [0.25, 0.3) is 0 Å². The number of ether oxygens (including phenoxy) is 1. The third-order valence-electron chi connectivity index (χ3n) is 3.96. The van der Waals surface area contributed by atoms with E-state index in [0.717, 1.165) is 12.8 Å². The fourth-order valence-electron chi connectivity index (χ4n) is 2.92. The molecule has 5 heteroatoms. The number of carboxylic acid groups (broad SMARTS) is 1. The Morgan fingerprint density at radius 2 is 1.95 bits per heavy atom. The fourth-order valence-corrected chi connectivity index (χ4v) is 2.92. The van der Waals surface area contributed by atoms with Crippen molar-refractivity contribution in [1.29, 1.82) is 0 Å². The van der Waals surface area contributed by atoms with Crippen LogP contribution in [-0.2, 0) is 9.53 Å². The number of rotatable bonds is 4. The van der Waals surface area contributed by atoms with Crippen LogP contribution in [0.15, 0.2) is 0 Å². The van der Waals surface area contributed by atoms with Gasteiger partial charge in [-0.15, -0.1) is 0 Å². The van der Waals surface area contributed by atoms with Crippen molar-refractivity contribution in [3.05, 3.63) is 0 Å². The van der Waals surface area contributed by atoms with Crippen molar-refractivity contribution >= 4 is 12.1 Å². The van der Waals surface area contributed by atoms with E-state index in [4.69, 9.17) is 9.84 Å². The average Bonchev–Trinajstić information content (AvgIpc) is 2.92. The molecular formula is C14H23NO4. The summed E-state index contributed by atoms with van der Waals surface area (Å²) in [6.45, 7) is 5.27. The maximum atomic E-state index is 11.6. The Kier molecular flexibility index (Phi) is 3.49. The van der Waals surface area contributed by atoms with Gasteiger partial charge in [0.2, 0.25) is 0 Å². The molecule has 5 nitrogen and oxygen atoms in total. The van der Waals surface area contributed by atoms with Gasteiger partial charge in [0, 0.05) is 0 Å². The van der Waals surface area contributed by atoms with E-state index < -0.39 is 23.7 Å². The van der Waals surface area contributed by atoms with Crippen molar-refractivity contribution in [2.75, 3.05) is 0 Å². The van der Waals surface area contributed by atoms with Crippen LogP contribution < -0.4 is 5.32 Å². The quantitative estimate of drug-likeness (QED) is 0.822. The van der Waals surface area contributed by atoms with Gasteiger partial charge in [0.15, 0.2) is 0 Å². The SMILES string of the molecule is CC(C)(C)OC(=O)N[C@@H](CC1CC2(CC2)C1)C(=O)O. The molecule has 19 heavy (non-hydrogen) atoms. The molecule has 2 aliphatic rings. The molecule has 2 rings (SSSR count). The first-order valence-corrected chi connectivity index (χ1v) is 6.91. The van der Waals surface area contributed by atoms with E-state index >= 15 is 0 Å². The highest BCUT2D eigenvalue weighted by Gasteiger charge is 2.53. The molecule has 0 aromatic rings. The van der Waals surface area contributed by atoms with Crippen molar-refractivity contribution in [2.24, 2.45) is 11.3 Å². The number of aliphatic carboxylic acids is 1. The number of hydrogen-bond acceptors (Lipinski definition) is 3. The van der Waals surface area contributed by atoms with E-state index in [9.17, 15) is 9.59 Å². The maximum absolute atomic E-state index is 11.6. The number of nitrogens with one attached hydrogen (secondary N) is 1. The summed E-state index contributed by atoms with van der Waals surface area (Å²) in [6, 6.07) is -0.837. The second-order valence-corrected chi connectivity index (χ2v) is 7.05. The summed E-state index contributed by atoms with van der Waals surface area (Å²) in [5.41, 5.74) is -0.0543. The number of carbonyl (C=O) groups excluding carboxylic acids is 1. The molecule has 108 valence electrons. The summed E-state index contributed by atoms with van der Waals surface area (Å²) >= 11 is 0. The minimum absolute atomic E-state index is 0.429. The van der Waals surface area contributed by atoms with Crippen LogP contribution in [0, 0.1) is 11.3 Å². The van der Waals surface area contributed by atoms with E-state index in [1.54, 1.807) is 20.8 Å². The smallest absolute Gasteiger partial charge is 0.408 e. The van der Waals surface area contributed by atoms with Gasteiger partial charge in [0.05, 0.1) is 0 Å². The first kappa shape index (κ1) is 14.2. The molecular weight excluding hydrogens is 246 g/mol. The lowest BCUT2D eigenvalue weighted by Gasteiger charge is -2.37. The molecule has 0 radical (unpaired) electrons. The summed E-state index contributed by atoms with van der Waals surface area (Å²) in [6.07, 6.45) is 4.68. The average molecular weight is 269 g/mol. The Morgan fingerprint density at radius 3 is 2.37 bits per heavy atom. The first-order chi connectivity index (χ1) is 8.69. The summed E-state index contributed by atoms with van der Waals surface area (Å²) in [5, 5.41) is 11.6. The Morgan fingerprint density at radius 1 is 1.37 bits per heavy atom. The zero-order chi connectivity index (χ0) is 14.3. The van der Waals surface area contributed by atoms with Crippen LogP contribution in [0.25, 0.3) is 0 Å². The van der Waals surface area contributed by atoms with Gasteiger partial charge >= 0.3 is 12.1 Å². The molecule has 1 atom stereocenters. The zero-order valence-corrected chi connectivity index (χ0v) is 11.9. The molecule has 2 N–H and O–H groups in total. The molecule has 2 fully saturated rings. The number of alkyl carbamates (subject to hydrolysis) is 1. The van der Waals surface area contributed by atoms with Crippen molar-refractivity contribution in [1.82, 2.24) is 5.32 Å². The van der Waals surface area contributed by atoms with Gasteiger partial charge in [-0.1, -0.05) is 0 Å². The maximum Gasteiger partial charge on any atom is 0.408 e. The summed E-state index contributed by atoms with van der Waals surface area (Å²) in [4.78, 5) is 22.8. The van der Waals surface area contributed by atoms with Crippen molar-refractivity contribution < 1.29 is 19.4 Å². The second-order valence-electron chi connectivity index (χ2n) is 7.05. The van der Waals surface area contributed by atoms with Gasteiger partial charge in [-0.25, -0.2) is 9.59 Å². The standard InChI is InChI=1S/C14H23NO4/c1-13(2,3)19-12(18)15-10(11(16)17)6-9-7-14(8-9)4-5-14/h9-10H,4-8H2,1-3H3,(H,15,18)(H,16,17)/t10-/m0/s1. The third-order valence-corrected chi connectivity index (χ3v) is 3.96. The van der Waals surface area contributed by atoms with Crippen LogP contribution in [0.2, 0.25) is 0 Å². The van der Waals surface area contributed by atoms with E-state index in [0.29, 0.717) is 17.8 Å². The third kappa shape index (κ3) is 3.85. The number of carbonyl (C=O) groups is 2. The van der Waals surface area contributed by atoms with E-state index in [1.807, 2.05) is 0 Å². The minimum atomic E-state index is -0.984. The summed E-state index contributed by atoms with van der Waals surface area (Å²) < 4.78 is 5.09. The molecule has 1 amide bonds. The molecule has 0 aromatic carbocycles. The van der Waals surface area contributed by atoms with Gasteiger partial charge in [-0.2, -0.15) is 0 Å². The number of amides is 1. The first-order valence-electron chi connectivity index (χ1n) is 6.91. The van der Waals surface area contributed by atoms with E-state index in [-0.39, 0.29) is 0 Å². The lowest BCUT2D eigenvalue weighted by molar-refractivity contribution is -0.140. The molecule has 2 saturated carbocycles. The van der Waals surface area contributed by atoms with Crippen LogP contribution in [0.3, 0.4) is 0 Å². The van der Waals surface area contributed by atoms with Gasteiger partial charge in [-0.05, 0) is 64.2 Å². The van der Waals surface area contributed by atoms with Gasteiger partial charge < -0.3 is 15.2 Å². The zero-order valence-electron chi connectivity index (χ0n) is 11.9. The van der Waals surface area contributed by atoms with Crippen molar-refractivity contribution in [3.8, 4) is 0 Å². The van der Waals surface area contributed by atoms with Gasteiger partial charge in [0.1, 0.15) is 11.6 Å². The molecule has 0 aliphatic heterocycles. The predicted molar refractivity (Wildman–Crippen MR) is 69.8 cm³/mol. The topological polar surface area (TPSA) is 75.6 Å². The van der Waals surface area contributed by atoms with Gasteiger partial charge in [-0.3, -0.25) is 0 Å². The number of hydrogen-bond donors (Lipinski definition) is 2. The largest absolute Gasteiger partial charge is 0.480 e. The highest BCUT2D eigenvalue weighted by molar-refractivity contribution is 5.80. The van der Waals surface area contributed by atoms with E-state index in [2.05, 4.69) is 5.32 Å². The molecule has 0 saturated heterocycles. The highest BCUT2D eigenvalue weighted by Crippen LogP contribution is 2.64. The van der Waals surface area contributed by atoms with Crippen molar-refractivity contribution in [3.63, 3.8) is 0 Å². The van der Waals surface area contributed by atoms with Crippen LogP contribution in [0.1, 0.15) is 52.9 Å². The highest BCUT2D eigenvalue weighted by atomic mass is 16.6. The molecule has 0 bridgehead atoms. The summed E-state index contributed by atoms with van der Waals surface area (Å²) in [7, 11) is 0. The van der Waals surface area contributed by atoms with Crippen molar-refractivity contribution in [2.45, 2.75) is 64.5 Å². The Hall–Kier alpha value is -1.26. The predicted octanol–water partition coefficient (Wildman–Crippen LogP) is 2.54. The minimum Gasteiger partial charge on any atom is -0.480 e. The monoisotopic (exact) mass is 269 g/mol. The molecule has 1 spiro atoms. The second kappa shape index (κ2) is 4.69. The van der Waals surface area contributed by atoms with Crippen LogP contribution in [0.4, 0.5) is 4.79 Å². The lowest BCUT2D eigenvalue weighted by Crippen LogP contribution is -2.45. The summed E-state index contributed by atoms with van der Waals surface area (Å²) in [5.74, 6) is -0.554. The lowest BCUT2D eigenvalue weighted by atomic mass is 9.69. The molecule has 2 aliphatic carbocycles.